The molecule has 3 heterocycles. The predicted molar refractivity (Wildman–Crippen MR) is 155 cm³/mol. The van der Waals surface area contributed by atoms with Gasteiger partial charge in [-0.3, -0.25) is 14.6 Å². The molecule has 214 valence electrons. The summed E-state index contributed by atoms with van der Waals surface area (Å²) in [4.78, 5) is 26.3. The van der Waals surface area contributed by atoms with E-state index in [-0.39, 0.29) is 12.5 Å². The number of para-hydroxylation sites is 1. The number of piperazine rings is 2. The molecule has 2 aliphatic heterocycles. The van der Waals surface area contributed by atoms with Crippen molar-refractivity contribution in [3.63, 3.8) is 0 Å². The van der Waals surface area contributed by atoms with E-state index in [1.54, 1.807) is 24.3 Å². The third kappa shape index (κ3) is 7.34. The number of hydrogen-bond acceptors (Lipinski definition) is 8. The number of carbonyl (C=O) groups is 1. The van der Waals surface area contributed by atoms with Gasteiger partial charge in [0.2, 0.25) is 5.89 Å². The minimum absolute atomic E-state index is 0.0712. The molecule has 2 aliphatic rings. The quantitative estimate of drug-likeness (QED) is 0.399. The van der Waals surface area contributed by atoms with Gasteiger partial charge in [0.1, 0.15) is 24.7 Å². The first-order valence-corrected chi connectivity index (χ1v) is 14.4. The van der Waals surface area contributed by atoms with Gasteiger partial charge in [0.05, 0.1) is 6.54 Å². The average Bonchev–Trinajstić information content (AvgIpc) is 3.46. The number of amides is 1. The number of oxazole rings is 1. The van der Waals surface area contributed by atoms with Crippen molar-refractivity contribution >= 4 is 23.2 Å². The number of carbonyl (C=O) groups excluding carboxylic acids is 1. The first kappa shape index (κ1) is 28.4. The summed E-state index contributed by atoms with van der Waals surface area (Å²) in [5.74, 6) is 1.18. The van der Waals surface area contributed by atoms with Crippen LogP contribution >= 0.6 is 11.6 Å². The summed E-state index contributed by atoms with van der Waals surface area (Å²) in [5.41, 5.74) is 2.98. The van der Waals surface area contributed by atoms with Crippen LogP contribution in [0.3, 0.4) is 0 Å². The zero-order valence-electron chi connectivity index (χ0n) is 23.0. The Morgan fingerprint density at radius 3 is 2.42 bits per heavy atom. The maximum Gasteiger partial charge on any atom is 0.275 e. The highest BCUT2D eigenvalue weighted by atomic mass is 35.5. The minimum Gasteiger partial charge on any atom is -0.491 e. The molecule has 3 aromatic rings. The monoisotopic (exact) mass is 567 g/mol. The van der Waals surface area contributed by atoms with Gasteiger partial charge in [-0.25, -0.2) is 4.98 Å². The fourth-order valence-corrected chi connectivity index (χ4v) is 5.43. The van der Waals surface area contributed by atoms with Gasteiger partial charge >= 0.3 is 0 Å². The molecule has 0 bridgehead atoms. The number of aliphatic hydroxyl groups is 1. The lowest BCUT2D eigenvalue weighted by Gasteiger charge is -2.36. The fourth-order valence-electron chi connectivity index (χ4n) is 5.31. The minimum atomic E-state index is -0.578. The molecular formula is C30H38ClN5O4. The van der Waals surface area contributed by atoms with E-state index in [0.29, 0.717) is 48.5 Å². The van der Waals surface area contributed by atoms with Crippen molar-refractivity contribution in [3.8, 4) is 5.75 Å². The molecule has 1 atom stereocenters. The summed E-state index contributed by atoms with van der Waals surface area (Å²) in [6.45, 7) is 9.78. The second kappa shape index (κ2) is 13.5. The molecule has 0 spiro atoms. The van der Waals surface area contributed by atoms with Crippen LogP contribution in [0.25, 0.3) is 0 Å². The largest absolute Gasteiger partial charge is 0.491 e. The lowest BCUT2D eigenvalue weighted by Crippen LogP contribution is -2.49. The second-order valence-electron chi connectivity index (χ2n) is 10.4. The van der Waals surface area contributed by atoms with Crippen molar-refractivity contribution in [1.29, 1.82) is 0 Å². The molecule has 0 saturated carbocycles. The van der Waals surface area contributed by atoms with Crippen LogP contribution in [0.4, 0.5) is 5.69 Å². The summed E-state index contributed by atoms with van der Waals surface area (Å²) >= 11 is 5.90. The first-order chi connectivity index (χ1) is 19.5. The van der Waals surface area contributed by atoms with Gasteiger partial charge in [-0.15, -0.1) is 0 Å². The van der Waals surface area contributed by atoms with E-state index < -0.39 is 6.10 Å². The molecule has 1 N–H and O–H groups in total. The smallest absolute Gasteiger partial charge is 0.275 e. The van der Waals surface area contributed by atoms with Crippen LogP contribution in [-0.4, -0.2) is 102 Å². The van der Waals surface area contributed by atoms with Crippen LogP contribution in [0, 0.1) is 0 Å². The number of ether oxygens (including phenoxy) is 1. The molecule has 10 heteroatoms. The summed E-state index contributed by atoms with van der Waals surface area (Å²) in [6, 6.07) is 15.6. The number of anilines is 1. The van der Waals surface area contributed by atoms with Gasteiger partial charge in [0.25, 0.3) is 5.91 Å². The Morgan fingerprint density at radius 2 is 1.70 bits per heavy atom. The van der Waals surface area contributed by atoms with E-state index in [9.17, 15) is 9.90 Å². The third-order valence-electron chi connectivity index (χ3n) is 7.60. The Kier molecular flexibility index (Phi) is 9.59. The summed E-state index contributed by atoms with van der Waals surface area (Å²) in [6.07, 6.45) is 1.91. The molecule has 5 rings (SSSR count). The van der Waals surface area contributed by atoms with E-state index in [0.717, 1.165) is 45.7 Å². The Morgan fingerprint density at radius 1 is 1.00 bits per heavy atom. The molecule has 2 fully saturated rings. The van der Waals surface area contributed by atoms with Crippen molar-refractivity contribution in [3.05, 3.63) is 77.0 Å². The summed E-state index contributed by atoms with van der Waals surface area (Å²) in [7, 11) is 0. The van der Waals surface area contributed by atoms with E-state index >= 15 is 0 Å². The van der Waals surface area contributed by atoms with E-state index in [2.05, 4.69) is 50.9 Å². The van der Waals surface area contributed by atoms with Crippen molar-refractivity contribution < 1.29 is 19.1 Å². The summed E-state index contributed by atoms with van der Waals surface area (Å²) < 4.78 is 11.3. The Balaban J connectivity index is 1.03. The van der Waals surface area contributed by atoms with E-state index in [1.807, 2.05) is 4.90 Å². The van der Waals surface area contributed by atoms with Crippen molar-refractivity contribution in [2.45, 2.75) is 26.0 Å². The molecule has 1 aromatic heterocycles. The molecule has 2 saturated heterocycles. The number of benzene rings is 2. The van der Waals surface area contributed by atoms with Gasteiger partial charge in [-0.2, -0.15) is 0 Å². The maximum absolute atomic E-state index is 13.1. The number of halogens is 1. The lowest BCUT2D eigenvalue weighted by molar-refractivity contribution is 0.0430. The SMILES string of the molecule is CCc1ccccc1N1CCN(C(=O)c2coc(CN3CCN(C[C@@H](O)COc4ccc(Cl)cc4)CC3)n2)CC1. The molecule has 0 radical (unpaired) electrons. The molecule has 40 heavy (non-hydrogen) atoms. The molecule has 1 amide bonds. The van der Waals surface area contributed by atoms with Crippen LogP contribution in [0.2, 0.25) is 5.02 Å². The number of aromatic nitrogens is 1. The van der Waals surface area contributed by atoms with Gasteiger partial charge in [-0.05, 0) is 42.3 Å². The highest BCUT2D eigenvalue weighted by Crippen LogP contribution is 2.23. The topological polar surface area (TPSA) is 85.5 Å². The Bertz CT molecular complexity index is 1240. The lowest BCUT2D eigenvalue weighted by atomic mass is 10.1. The van der Waals surface area contributed by atoms with E-state index in [1.165, 1.54) is 17.5 Å². The van der Waals surface area contributed by atoms with Crippen LogP contribution < -0.4 is 9.64 Å². The molecule has 9 nitrogen and oxygen atoms in total. The fraction of sp³-hybridized carbons (Fsp3) is 0.467. The Hall–Kier alpha value is -3.11. The number of nitrogens with zero attached hydrogens (tertiary/aromatic N) is 5. The van der Waals surface area contributed by atoms with Gasteiger partial charge in [0, 0.05) is 69.6 Å². The molecule has 0 unspecified atom stereocenters. The zero-order chi connectivity index (χ0) is 27.9. The first-order valence-electron chi connectivity index (χ1n) is 14.1. The summed E-state index contributed by atoms with van der Waals surface area (Å²) in [5, 5.41) is 11.1. The van der Waals surface area contributed by atoms with Crippen LogP contribution in [0.5, 0.6) is 5.75 Å². The molecular weight excluding hydrogens is 530 g/mol. The average molecular weight is 568 g/mol. The van der Waals surface area contributed by atoms with Crippen molar-refractivity contribution in [2.75, 3.05) is 70.4 Å². The maximum atomic E-state index is 13.1. The van der Waals surface area contributed by atoms with Gasteiger partial charge in [0.15, 0.2) is 5.69 Å². The van der Waals surface area contributed by atoms with Gasteiger partial charge in [-0.1, -0.05) is 36.7 Å². The standard InChI is InChI=1S/C30H38ClN5O4/c1-2-23-5-3-4-6-28(23)35-15-17-36(18-16-35)30(38)27-22-40-29(32-27)20-34-13-11-33(12-14-34)19-25(37)21-39-26-9-7-24(31)8-10-26/h3-10,22,25,37H,2,11-21H2,1H3/t25-/m1/s1. The number of rotatable bonds is 10. The van der Waals surface area contributed by atoms with Gasteiger partial charge < -0.3 is 24.1 Å². The van der Waals surface area contributed by atoms with Crippen LogP contribution in [0.1, 0.15) is 28.9 Å². The van der Waals surface area contributed by atoms with Crippen LogP contribution in [0.15, 0.2) is 59.2 Å². The second-order valence-corrected chi connectivity index (χ2v) is 10.8. The Labute approximate surface area is 240 Å². The predicted octanol–water partition coefficient (Wildman–Crippen LogP) is 3.41. The number of hydrogen-bond donors (Lipinski definition) is 1. The van der Waals surface area contributed by atoms with Crippen molar-refractivity contribution in [2.24, 2.45) is 0 Å². The van der Waals surface area contributed by atoms with Crippen LogP contribution in [-0.2, 0) is 13.0 Å². The molecule has 2 aromatic carbocycles. The highest BCUT2D eigenvalue weighted by Gasteiger charge is 2.26. The zero-order valence-corrected chi connectivity index (χ0v) is 23.8. The van der Waals surface area contributed by atoms with Crippen molar-refractivity contribution in [1.82, 2.24) is 19.7 Å². The highest BCUT2D eigenvalue weighted by molar-refractivity contribution is 6.30. The third-order valence-corrected chi connectivity index (χ3v) is 7.85. The number of β-amino-alcohol motifs (C(OH)–C–C–N with tert-alkyl or cyclic N) is 1. The molecule has 0 aliphatic carbocycles. The van der Waals surface area contributed by atoms with E-state index in [4.69, 9.17) is 20.8 Å². The normalized spacial score (nSPS) is 17.7. The number of aliphatic hydroxyl groups excluding tert-OH is 1. The number of aryl methyl sites for hydroxylation is 1.